The number of hydrogen-bond acceptors (Lipinski definition) is 5. The monoisotopic (exact) mass is 315 g/mol. The normalized spacial score (nSPS) is 19.0. The first-order valence-corrected chi connectivity index (χ1v) is 8.42. The zero-order chi connectivity index (χ0) is 15.8. The maximum atomic E-state index is 12.4. The molecule has 1 fully saturated rings. The highest BCUT2D eigenvalue weighted by Gasteiger charge is 2.29. The van der Waals surface area contributed by atoms with E-state index in [1.54, 1.807) is 6.07 Å². The summed E-state index contributed by atoms with van der Waals surface area (Å²) in [6, 6.07) is 1.55. The topological polar surface area (TPSA) is 85.8 Å². The van der Waals surface area contributed by atoms with Gasteiger partial charge in [0.25, 0.3) is 5.91 Å². The minimum atomic E-state index is -0.223. The molecular weight excluding hydrogens is 294 g/mol. The van der Waals surface area contributed by atoms with Crippen LogP contribution in [0, 0.1) is 0 Å². The number of rotatable bonds is 4. The van der Waals surface area contributed by atoms with Crippen molar-refractivity contribution in [2.45, 2.75) is 64.0 Å². The van der Waals surface area contributed by atoms with Crippen LogP contribution < -0.4 is 5.32 Å². The lowest BCUT2D eigenvalue weighted by Gasteiger charge is -2.14. The molecule has 1 aliphatic heterocycles. The van der Waals surface area contributed by atoms with Gasteiger partial charge in [0.15, 0.2) is 11.5 Å². The lowest BCUT2D eigenvalue weighted by Crippen LogP contribution is -2.29. The number of aromatic nitrogens is 4. The van der Waals surface area contributed by atoms with E-state index in [9.17, 15) is 4.79 Å². The predicted molar refractivity (Wildman–Crippen MR) is 81.9 cm³/mol. The molecule has 2 aromatic rings. The third kappa shape index (κ3) is 2.87. The van der Waals surface area contributed by atoms with E-state index in [1.165, 1.54) is 6.42 Å². The molecule has 4 rings (SSSR count). The van der Waals surface area contributed by atoms with Crippen LogP contribution in [0.2, 0.25) is 0 Å². The highest BCUT2D eigenvalue weighted by atomic mass is 16.5. The molecule has 2 aliphatic rings. The summed E-state index contributed by atoms with van der Waals surface area (Å²) in [7, 11) is 0. The molecule has 1 aliphatic carbocycles. The van der Waals surface area contributed by atoms with Crippen LogP contribution in [0.25, 0.3) is 0 Å². The van der Waals surface area contributed by atoms with Gasteiger partial charge in [0.2, 0.25) is 0 Å². The second-order valence-electron chi connectivity index (χ2n) is 6.52. The lowest BCUT2D eigenvalue weighted by molar-refractivity contribution is 0.0928. The molecule has 7 nitrogen and oxygen atoms in total. The molecule has 2 aromatic heterocycles. The fourth-order valence-electron chi connectivity index (χ4n) is 3.12. The Kier molecular flexibility index (Phi) is 3.63. The van der Waals surface area contributed by atoms with Crippen LogP contribution in [-0.4, -0.2) is 25.8 Å². The van der Waals surface area contributed by atoms with Gasteiger partial charge in [-0.15, -0.1) is 10.2 Å². The summed E-state index contributed by atoms with van der Waals surface area (Å²) in [4.78, 5) is 12.4. The summed E-state index contributed by atoms with van der Waals surface area (Å²) < 4.78 is 7.39. The molecule has 3 heterocycles. The molecule has 1 atom stereocenters. The van der Waals surface area contributed by atoms with Gasteiger partial charge in [0, 0.05) is 24.9 Å². The van der Waals surface area contributed by atoms with E-state index < -0.39 is 0 Å². The Bertz CT molecular complexity index is 716. The van der Waals surface area contributed by atoms with Crippen LogP contribution in [0.1, 0.15) is 78.9 Å². The number of amides is 1. The van der Waals surface area contributed by atoms with Gasteiger partial charge < -0.3 is 14.4 Å². The maximum absolute atomic E-state index is 12.4. The van der Waals surface area contributed by atoms with Gasteiger partial charge in [0.1, 0.15) is 11.6 Å². The molecule has 1 saturated carbocycles. The number of hydrogen-bond donors (Lipinski definition) is 1. The van der Waals surface area contributed by atoms with Crippen molar-refractivity contribution in [3.63, 3.8) is 0 Å². The van der Waals surface area contributed by atoms with Crippen molar-refractivity contribution in [3.8, 4) is 0 Å². The summed E-state index contributed by atoms with van der Waals surface area (Å²) in [5, 5.41) is 15.4. The van der Waals surface area contributed by atoms with Gasteiger partial charge >= 0.3 is 0 Å². The molecule has 0 spiro atoms. The number of nitrogens with one attached hydrogen (secondary N) is 1. The largest absolute Gasteiger partial charge is 0.360 e. The van der Waals surface area contributed by atoms with E-state index in [2.05, 4.69) is 25.2 Å². The van der Waals surface area contributed by atoms with Crippen LogP contribution >= 0.6 is 0 Å². The molecule has 0 saturated heterocycles. The van der Waals surface area contributed by atoms with Crippen molar-refractivity contribution in [1.29, 1.82) is 0 Å². The van der Waals surface area contributed by atoms with Gasteiger partial charge in [-0.05, 0) is 32.6 Å². The van der Waals surface area contributed by atoms with Crippen molar-refractivity contribution >= 4 is 5.91 Å². The highest BCUT2D eigenvalue weighted by Crippen LogP contribution is 2.40. The minimum Gasteiger partial charge on any atom is -0.360 e. The smallest absolute Gasteiger partial charge is 0.274 e. The van der Waals surface area contributed by atoms with Gasteiger partial charge in [-0.3, -0.25) is 4.79 Å². The van der Waals surface area contributed by atoms with Crippen LogP contribution in [0.4, 0.5) is 0 Å². The van der Waals surface area contributed by atoms with Crippen LogP contribution in [-0.2, 0) is 13.0 Å². The van der Waals surface area contributed by atoms with Gasteiger partial charge in [-0.2, -0.15) is 0 Å². The Morgan fingerprint density at radius 2 is 2.22 bits per heavy atom. The zero-order valence-electron chi connectivity index (χ0n) is 13.3. The number of carbonyl (C=O) groups excluding carboxylic acids is 1. The Morgan fingerprint density at radius 1 is 1.35 bits per heavy atom. The van der Waals surface area contributed by atoms with Crippen molar-refractivity contribution in [1.82, 2.24) is 25.2 Å². The Hall–Kier alpha value is -2.18. The van der Waals surface area contributed by atoms with E-state index >= 15 is 0 Å². The summed E-state index contributed by atoms with van der Waals surface area (Å²) in [6.07, 6.45) is 6.71. The summed E-state index contributed by atoms with van der Waals surface area (Å²) in [6.45, 7) is 2.86. The third-order valence-corrected chi connectivity index (χ3v) is 4.61. The number of nitrogens with zero attached hydrogens (tertiary/aromatic N) is 4. The first-order valence-electron chi connectivity index (χ1n) is 8.42. The van der Waals surface area contributed by atoms with Gasteiger partial charge in [-0.25, -0.2) is 0 Å². The second kappa shape index (κ2) is 5.79. The first-order chi connectivity index (χ1) is 11.2. The molecule has 122 valence electrons. The summed E-state index contributed by atoms with van der Waals surface area (Å²) in [5.74, 6) is 2.89. The van der Waals surface area contributed by atoms with Crippen LogP contribution in [0.3, 0.4) is 0 Å². The fraction of sp³-hybridized carbons (Fsp3) is 0.625. The Balaban J connectivity index is 1.47. The van der Waals surface area contributed by atoms with E-state index in [4.69, 9.17) is 4.52 Å². The highest BCUT2D eigenvalue weighted by molar-refractivity contribution is 5.92. The first kappa shape index (κ1) is 14.4. The fourth-order valence-corrected chi connectivity index (χ4v) is 3.12. The van der Waals surface area contributed by atoms with E-state index in [1.807, 2.05) is 6.92 Å². The minimum absolute atomic E-state index is 0.206. The molecular formula is C16H21N5O2. The quantitative estimate of drug-likeness (QED) is 0.936. The standard InChI is InChI=1S/C16H21N5O2/c1-10(15-19-18-14-5-3-2-4-8-21(14)15)17-16(22)12-9-13(23-20-12)11-6-7-11/h9-11H,2-8H2,1H3,(H,17,22)/t10-/m1/s1. The Labute approximate surface area is 134 Å². The molecule has 7 heteroatoms. The molecule has 1 amide bonds. The van der Waals surface area contributed by atoms with Crippen LogP contribution in [0.15, 0.2) is 10.6 Å². The predicted octanol–water partition coefficient (Wildman–Crippen LogP) is 2.36. The van der Waals surface area contributed by atoms with Crippen molar-refractivity contribution in [2.75, 3.05) is 0 Å². The molecule has 0 aromatic carbocycles. The van der Waals surface area contributed by atoms with Gasteiger partial charge in [-0.1, -0.05) is 11.6 Å². The SMILES string of the molecule is C[C@@H](NC(=O)c1cc(C2CC2)on1)c1nnc2n1CCCCC2. The molecule has 0 bridgehead atoms. The van der Waals surface area contributed by atoms with E-state index in [-0.39, 0.29) is 11.9 Å². The van der Waals surface area contributed by atoms with Crippen LogP contribution in [0.5, 0.6) is 0 Å². The molecule has 1 N–H and O–H groups in total. The summed E-state index contributed by atoms with van der Waals surface area (Å²) >= 11 is 0. The number of aryl methyl sites for hydroxylation is 1. The van der Waals surface area contributed by atoms with Gasteiger partial charge in [0.05, 0.1) is 6.04 Å². The van der Waals surface area contributed by atoms with Crippen molar-refractivity contribution in [2.24, 2.45) is 0 Å². The average Bonchev–Trinajstić information content (AvgIpc) is 3.21. The van der Waals surface area contributed by atoms with E-state index in [0.717, 1.165) is 56.1 Å². The maximum Gasteiger partial charge on any atom is 0.274 e. The number of carbonyl (C=O) groups is 1. The lowest BCUT2D eigenvalue weighted by atomic mass is 10.2. The number of fused-ring (bicyclic) bond motifs is 1. The molecule has 23 heavy (non-hydrogen) atoms. The molecule has 0 unspecified atom stereocenters. The Morgan fingerprint density at radius 3 is 3.04 bits per heavy atom. The molecule has 0 radical (unpaired) electrons. The zero-order valence-corrected chi connectivity index (χ0v) is 13.3. The summed E-state index contributed by atoms with van der Waals surface area (Å²) in [5.41, 5.74) is 0.342. The van der Waals surface area contributed by atoms with Crippen molar-refractivity contribution < 1.29 is 9.32 Å². The van der Waals surface area contributed by atoms with E-state index in [0.29, 0.717) is 11.6 Å². The van der Waals surface area contributed by atoms with Crippen molar-refractivity contribution in [3.05, 3.63) is 29.2 Å². The second-order valence-corrected chi connectivity index (χ2v) is 6.52. The average molecular weight is 315 g/mol. The third-order valence-electron chi connectivity index (χ3n) is 4.61.